The van der Waals surface area contributed by atoms with E-state index in [1.807, 2.05) is 38.1 Å². The molecule has 0 atom stereocenters. The van der Waals surface area contributed by atoms with Crippen molar-refractivity contribution in [3.8, 4) is 18.1 Å². The van der Waals surface area contributed by atoms with Crippen LogP contribution in [0.4, 0.5) is 0 Å². The molecule has 6 heteroatoms. The third-order valence-electron chi connectivity index (χ3n) is 3.66. The van der Waals surface area contributed by atoms with Gasteiger partial charge in [0.2, 0.25) is 5.89 Å². The molecule has 0 fully saturated rings. The predicted octanol–water partition coefficient (Wildman–Crippen LogP) is 2.21. The van der Waals surface area contributed by atoms with Crippen molar-refractivity contribution in [3.63, 3.8) is 0 Å². The molecule has 0 spiro atoms. The lowest BCUT2D eigenvalue weighted by Gasteiger charge is -2.11. The number of hydrogen-bond donors (Lipinski definition) is 2. The number of ether oxygens (including phenoxy) is 1. The van der Waals surface area contributed by atoms with Crippen LogP contribution >= 0.6 is 0 Å². The average Bonchev–Trinajstić information content (AvgIpc) is 2.95. The fourth-order valence-corrected chi connectivity index (χ4v) is 2.20. The second-order valence-corrected chi connectivity index (χ2v) is 5.49. The monoisotopic (exact) mass is 340 g/mol. The van der Waals surface area contributed by atoms with E-state index < -0.39 is 0 Å². The topological polar surface area (TPSA) is 71.7 Å². The lowest BCUT2D eigenvalue weighted by molar-refractivity contribution is 0.370. The fraction of sp³-hybridized carbons (Fsp3) is 0.368. The average molecular weight is 340 g/mol. The van der Waals surface area contributed by atoms with E-state index in [1.54, 1.807) is 7.05 Å². The standard InChI is InChI=1S/C19H24N4O2/c1-5-12-24-17-8-6-16(7-9-17)10-11-21-19(20-4)22-13-18-23-14(2)15(3)25-18/h1,6-9H,10-13H2,2-4H3,(H2,20,21,22). The number of aliphatic imine (C=N–C) groups is 1. The van der Waals surface area contributed by atoms with Crippen molar-refractivity contribution in [2.45, 2.75) is 26.8 Å². The molecular weight excluding hydrogens is 316 g/mol. The number of nitrogens with one attached hydrogen (secondary N) is 2. The first-order chi connectivity index (χ1) is 12.1. The summed E-state index contributed by atoms with van der Waals surface area (Å²) in [6.45, 7) is 5.37. The smallest absolute Gasteiger partial charge is 0.214 e. The van der Waals surface area contributed by atoms with Crippen LogP contribution in [0.1, 0.15) is 22.9 Å². The van der Waals surface area contributed by atoms with Gasteiger partial charge in [0.1, 0.15) is 18.1 Å². The lowest BCUT2D eigenvalue weighted by atomic mass is 10.1. The summed E-state index contributed by atoms with van der Waals surface area (Å²) in [6.07, 6.45) is 6.04. The number of nitrogens with zero attached hydrogens (tertiary/aromatic N) is 2. The molecule has 2 N–H and O–H groups in total. The maximum Gasteiger partial charge on any atom is 0.214 e. The Kier molecular flexibility index (Phi) is 6.90. The first-order valence-corrected chi connectivity index (χ1v) is 8.15. The summed E-state index contributed by atoms with van der Waals surface area (Å²) in [7, 11) is 1.74. The number of hydrogen-bond acceptors (Lipinski definition) is 4. The largest absolute Gasteiger partial charge is 0.481 e. The Morgan fingerprint density at radius 2 is 2.04 bits per heavy atom. The second kappa shape index (κ2) is 9.38. The van der Waals surface area contributed by atoms with Gasteiger partial charge in [-0.05, 0) is 38.0 Å². The summed E-state index contributed by atoms with van der Waals surface area (Å²) in [4.78, 5) is 8.54. The van der Waals surface area contributed by atoms with E-state index in [-0.39, 0.29) is 6.61 Å². The van der Waals surface area contributed by atoms with E-state index in [2.05, 4.69) is 26.5 Å². The van der Waals surface area contributed by atoms with E-state index >= 15 is 0 Å². The van der Waals surface area contributed by atoms with Gasteiger partial charge in [0.05, 0.1) is 12.2 Å². The van der Waals surface area contributed by atoms with Gasteiger partial charge in [0.25, 0.3) is 0 Å². The van der Waals surface area contributed by atoms with Gasteiger partial charge in [-0.3, -0.25) is 4.99 Å². The normalized spacial score (nSPS) is 11.0. The van der Waals surface area contributed by atoms with Gasteiger partial charge in [-0.15, -0.1) is 6.42 Å². The van der Waals surface area contributed by atoms with E-state index in [1.165, 1.54) is 5.56 Å². The van der Waals surface area contributed by atoms with Gasteiger partial charge >= 0.3 is 0 Å². The molecule has 0 radical (unpaired) electrons. The zero-order valence-corrected chi connectivity index (χ0v) is 14.9. The molecule has 25 heavy (non-hydrogen) atoms. The molecule has 1 heterocycles. The molecule has 0 saturated carbocycles. The first kappa shape index (κ1) is 18.4. The summed E-state index contributed by atoms with van der Waals surface area (Å²) in [5, 5.41) is 6.46. The summed E-state index contributed by atoms with van der Waals surface area (Å²) in [6, 6.07) is 7.91. The van der Waals surface area contributed by atoms with Crippen LogP contribution in [-0.4, -0.2) is 31.1 Å². The van der Waals surface area contributed by atoms with Crippen LogP contribution in [-0.2, 0) is 13.0 Å². The number of terminal acetylenes is 1. The van der Waals surface area contributed by atoms with E-state index in [4.69, 9.17) is 15.6 Å². The van der Waals surface area contributed by atoms with Crippen molar-refractivity contribution in [2.24, 2.45) is 4.99 Å². The van der Waals surface area contributed by atoms with E-state index in [0.717, 1.165) is 30.2 Å². The number of oxazole rings is 1. The molecule has 0 aliphatic heterocycles. The molecule has 0 saturated heterocycles. The maximum absolute atomic E-state index is 5.54. The minimum absolute atomic E-state index is 0.284. The number of aromatic nitrogens is 1. The zero-order chi connectivity index (χ0) is 18.1. The summed E-state index contributed by atoms with van der Waals surface area (Å²) >= 11 is 0. The van der Waals surface area contributed by atoms with Crippen LogP contribution in [0.2, 0.25) is 0 Å². The van der Waals surface area contributed by atoms with Gasteiger partial charge in [0, 0.05) is 13.6 Å². The van der Waals surface area contributed by atoms with Crippen molar-refractivity contribution < 1.29 is 9.15 Å². The number of aryl methyl sites for hydroxylation is 2. The molecule has 0 unspecified atom stereocenters. The van der Waals surface area contributed by atoms with Crippen molar-refractivity contribution in [1.29, 1.82) is 0 Å². The minimum atomic E-state index is 0.284. The Morgan fingerprint density at radius 3 is 2.64 bits per heavy atom. The van der Waals surface area contributed by atoms with Crippen LogP contribution in [0.25, 0.3) is 0 Å². The lowest BCUT2D eigenvalue weighted by Crippen LogP contribution is -2.37. The van der Waals surface area contributed by atoms with Crippen LogP contribution in [0.3, 0.4) is 0 Å². The molecule has 0 aliphatic carbocycles. The molecule has 2 rings (SSSR count). The third-order valence-corrected chi connectivity index (χ3v) is 3.66. The Bertz CT molecular complexity index is 722. The maximum atomic E-state index is 5.54. The summed E-state index contributed by atoms with van der Waals surface area (Å²) in [5.74, 6) is 5.44. The highest BCUT2D eigenvalue weighted by molar-refractivity contribution is 5.79. The van der Waals surface area contributed by atoms with E-state index in [0.29, 0.717) is 18.4 Å². The molecule has 132 valence electrons. The van der Waals surface area contributed by atoms with Crippen molar-refractivity contribution in [2.75, 3.05) is 20.2 Å². The van der Waals surface area contributed by atoms with Crippen LogP contribution in [0.5, 0.6) is 5.75 Å². The molecule has 0 amide bonds. The highest BCUT2D eigenvalue weighted by atomic mass is 16.5. The van der Waals surface area contributed by atoms with Crippen molar-refractivity contribution >= 4 is 5.96 Å². The van der Waals surface area contributed by atoms with E-state index in [9.17, 15) is 0 Å². The van der Waals surface area contributed by atoms with Crippen LogP contribution in [0, 0.1) is 26.2 Å². The van der Waals surface area contributed by atoms with Crippen LogP contribution in [0.15, 0.2) is 33.7 Å². The number of rotatable bonds is 7. The highest BCUT2D eigenvalue weighted by Gasteiger charge is 2.06. The summed E-state index contributed by atoms with van der Waals surface area (Å²) < 4.78 is 10.9. The molecule has 1 aromatic carbocycles. The van der Waals surface area contributed by atoms with Gasteiger partial charge in [-0.2, -0.15) is 0 Å². The van der Waals surface area contributed by atoms with Crippen molar-refractivity contribution in [1.82, 2.24) is 15.6 Å². The first-order valence-electron chi connectivity index (χ1n) is 8.15. The second-order valence-electron chi connectivity index (χ2n) is 5.49. The fourth-order valence-electron chi connectivity index (χ4n) is 2.20. The molecule has 6 nitrogen and oxygen atoms in total. The Morgan fingerprint density at radius 1 is 1.28 bits per heavy atom. The molecular formula is C19H24N4O2. The number of benzene rings is 1. The van der Waals surface area contributed by atoms with Gasteiger partial charge in [0.15, 0.2) is 5.96 Å². The summed E-state index contributed by atoms with van der Waals surface area (Å²) in [5.41, 5.74) is 2.12. The predicted molar refractivity (Wildman–Crippen MR) is 98.7 cm³/mol. The minimum Gasteiger partial charge on any atom is -0.481 e. The SMILES string of the molecule is C#CCOc1ccc(CCNC(=NC)NCc2nc(C)c(C)o2)cc1. The van der Waals surface area contributed by atoms with Crippen molar-refractivity contribution in [3.05, 3.63) is 47.2 Å². The zero-order valence-electron chi connectivity index (χ0n) is 14.9. The molecule has 0 aliphatic rings. The van der Waals surface area contributed by atoms with Gasteiger partial charge in [-0.1, -0.05) is 18.1 Å². The Labute approximate surface area is 148 Å². The third kappa shape index (κ3) is 5.88. The molecule has 2 aromatic rings. The Hall–Kier alpha value is -2.94. The van der Waals surface area contributed by atoms with Gasteiger partial charge < -0.3 is 19.8 Å². The van der Waals surface area contributed by atoms with Gasteiger partial charge in [-0.25, -0.2) is 4.98 Å². The quantitative estimate of drug-likeness (QED) is 0.459. The number of guanidine groups is 1. The molecule has 0 bridgehead atoms. The Balaban J connectivity index is 1.74. The highest BCUT2D eigenvalue weighted by Crippen LogP contribution is 2.12. The van der Waals surface area contributed by atoms with Crippen LogP contribution < -0.4 is 15.4 Å². The molecule has 1 aromatic heterocycles.